The van der Waals surface area contributed by atoms with Gasteiger partial charge < -0.3 is 14.5 Å². The molecular formula is C24H19N3O7. The third kappa shape index (κ3) is 4.42. The van der Waals surface area contributed by atoms with Crippen molar-refractivity contribution in [3.05, 3.63) is 94.9 Å². The lowest BCUT2D eigenvalue weighted by Crippen LogP contribution is -2.41. The van der Waals surface area contributed by atoms with E-state index in [1.54, 1.807) is 42.5 Å². The Morgan fingerprint density at radius 2 is 1.71 bits per heavy atom. The van der Waals surface area contributed by atoms with Crippen molar-refractivity contribution in [1.29, 1.82) is 0 Å². The zero-order valence-electron chi connectivity index (χ0n) is 17.9. The van der Waals surface area contributed by atoms with E-state index in [9.17, 15) is 24.0 Å². The molecule has 5 amide bonds. The fourth-order valence-corrected chi connectivity index (χ4v) is 3.44. The third-order valence-electron chi connectivity index (χ3n) is 5.13. The van der Waals surface area contributed by atoms with Gasteiger partial charge in [0.05, 0.1) is 29.5 Å². The van der Waals surface area contributed by atoms with Gasteiger partial charge in [-0.1, -0.05) is 30.3 Å². The molecule has 2 heterocycles. The summed E-state index contributed by atoms with van der Waals surface area (Å²) in [7, 11) is 1.34. The van der Waals surface area contributed by atoms with Crippen LogP contribution in [0.2, 0.25) is 0 Å². The zero-order valence-corrected chi connectivity index (χ0v) is 17.9. The molecule has 0 fully saturated rings. The summed E-state index contributed by atoms with van der Waals surface area (Å²) >= 11 is 0. The Hall–Kier alpha value is -4.73. The molecule has 0 bridgehead atoms. The van der Waals surface area contributed by atoms with E-state index >= 15 is 0 Å². The molecule has 172 valence electrons. The van der Waals surface area contributed by atoms with Crippen LogP contribution < -0.4 is 10.6 Å². The molecule has 2 aromatic carbocycles. The quantitative estimate of drug-likeness (QED) is 0.425. The van der Waals surface area contributed by atoms with Crippen molar-refractivity contribution in [1.82, 2.24) is 15.5 Å². The first kappa shape index (κ1) is 22.5. The Labute approximate surface area is 193 Å². The van der Waals surface area contributed by atoms with Crippen LogP contribution in [0.15, 0.2) is 71.3 Å². The summed E-state index contributed by atoms with van der Waals surface area (Å²) in [5.74, 6) is -2.42. The van der Waals surface area contributed by atoms with E-state index in [2.05, 4.69) is 10.6 Å². The largest absolute Gasteiger partial charge is 0.467 e. The number of amides is 5. The number of benzene rings is 2. The number of urea groups is 1. The fraction of sp³-hybridized carbons (Fsp3) is 0.125. The molecule has 10 nitrogen and oxygen atoms in total. The highest BCUT2D eigenvalue weighted by Gasteiger charge is 2.37. The minimum atomic E-state index is -1.42. The number of nitrogens with one attached hydrogen (secondary N) is 2. The molecule has 1 aliphatic heterocycles. The molecule has 0 unspecified atom stereocenters. The number of hydrogen-bond donors (Lipinski definition) is 2. The van der Waals surface area contributed by atoms with Crippen LogP contribution in [-0.2, 0) is 16.1 Å². The van der Waals surface area contributed by atoms with Gasteiger partial charge in [-0.15, -0.1) is 0 Å². The highest BCUT2D eigenvalue weighted by Crippen LogP contribution is 2.27. The van der Waals surface area contributed by atoms with E-state index in [-0.39, 0.29) is 23.2 Å². The number of hydrogen-bond acceptors (Lipinski definition) is 7. The molecule has 0 saturated heterocycles. The second-order valence-electron chi connectivity index (χ2n) is 7.30. The average Bonchev–Trinajstić information content (AvgIpc) is 3.45. The summed E-state index contributed by atoms with van der Waals surface area (Å²) in [4.78, 5) is 63.6. The lowest BCUT2D eigenvalue weighted by atomic mass is 10.1. The number of esters is 1. The van der Waals surface area contributed by atoms with E-state index in [4.69, 9.17) is 9.15 Å². The minimum Gasteiger partial charge on any atom is -0.467 e. The lowest BCUT2D eigenvalue weighted by Gasteiger charge is -2.17. The Morgan fingerprint density at radius 3 is 2.38 bits per heavy atom. The molecule has 10 heteroatoms. The SMILES string of the molecule is CNC(=O)NC(=O)[C@H](OC(=O)c1ccc2c(c1)C(=O)N(Cc1ccco1)C2=O)c1ccccc1. The van der Waals surface area contributed by atoms with E-state index in [0.29, 0.717) is 11.3 Å². The van der Waals surface area contributed by atoms with Crippen molar-refractivity contribution in [2.75, 3.05) is 7.05 Å². The summed E-state index contributed by atoms with van der Waals surface area (Å²) in [5.41, 5.74) is 0.491. The van der Waals surface area contributed by atoms with E-state index < -0.39 is 35.8 Å². The normalized spacial score (nSPS) is 13.3. The van der Waals surface area contributed by atoms with Crippen LogP contribution in [0.25, 0.3) is 0 Å². The molecule has 34 heavy (non-hydrogen) atoms. The Balaban J connectivity index is 1.57. The van der Waals surface area contributed by atoms with Crippen LogP contribution in [0.4, 0.5) is 4.79 Å². The monoisotopic (exact) mass is 461 g/mol. The van der Waals surface area contributed by atoms with Crippen LogP contribution >= 0.6 is 0 Å². The van der Waals surface area contributed by atoms with Gasteiger partial charge in [-0.05, 0) is 30.3 Å². The average molecular weight is 461 g/mol. The van der Waals surface area contributed by atoms with E-state index in [1.165, 1.54) is 31.5 Å². The van der Waals surface area contributed by atoms with Crippen LogP contribution in [0.1, 0.15) is 48.5 Å². The standard InChI is InChI=1S/C24H19N3O7/c1-25-24(32)26-20(28)19(14-6-3-2-4-7-14)34-23(31)15-9-10-17-18(12-15)22(30)27(21(17)29)13-16-8-5-11-33-16/h2-12,19H,13H2,1H3,(H2,25,26,28,32)/t19-/m1/s1. The minimum absolute atomic E-state index is 0.0339. The number of nitrogens with zero attached hydrogens (tertiary/aromatic N) is 1. The predicted octanol–water partition coefficient (Wildman–Crippen LogP) is 2.43. The lowest BCUT2D eigenvalue weighted by molar-refractivity contribution is -0.129. The summed E-state index contributed by atoms with van der Waals surface area (Å²) < 4.78 is 10.6. The highest BCUT2D eigenvalue weighted by molar-refractivity contribution is 6.21. The van der Waals surface area contributed by atoms with Crippen LogP contribution in [0.3, 0.4) is 0 Å². The zero-order chi connectivity index (χ0) is 24.2. The maximum atomic E-state index is 12.9. The summed E-state index contributed by atoms with van der Waals surface area (Å²) in [6, 6.07) is 14.6. The number of fused-ring (bicyclic) bond motifs is 1. The van der Waals surface area contributed by atoms with Gasteiger partial charge in [-0.25, -0.2) is 9.59 Å². The molecule has 1 aliphatic rings. The molecule has 1 atom stereocenters. The van der Waals surface area contributed by atoms with Crippen molar-refractivity contribution in [3.8, 4) is 0 Å². The maximum Gasteiger partial charge on any atom is 0.339 e. The first-order chi connectivity index (χ1) is 16.4. The highest BCUT2D eigenvalue weighted by atomic mass is 16.5. The van der Waals surface area contributed by atoms with Gasteiger partial charge >= 0.3 is 12.0 Å². The summed E-state index contributed by atoms with van der Waals surface area (Å²) in [6.07, 6.45) is 0.0115. The molecular weight excluding hydrogens is 442 g/mol. The number of rotatable bonds is 6. The molecule has 0 aliphatic carbocycles. The van der Waals surface area contributed by atoms with Crippen LogP contribution in [0, 0.1) is 0 Å². The van der Waals surface area contributed by atoms with Gasteiger partial charge in [0.1, 0.15) is 5.76 Å². The molecule has 3 aromatic rings. The van der Waals surface area contributed by atoms with Crippen molar-refractivity contribution in [3.63, 3.8) is 0 Å². The number of imide groups is 2. The molecule has 0 spiro atoms. The first-order valence-electron chi connectivity index (χ1n) is 10.2. The van der Waals surface area contributed by atoms with Gasteiger partial charge in [0.15, 0.2) is 0 Å². The van der Waals surface area contributed by atoms with Gasteiger partial charge in [-0.3, -0.25) is 24.6 Å². The summed E-state index contributed by atoms with van der Waals surface area (Å²) in [6.45, 7) is -0.0468. The van der Waals surface area contributed by atoms with Crippen LogP contribution in [-0.4, -0.2) is 41.7 Å². The van der Waals surface area contributed by atoms with Crippen molar-refractivity contribution in [2.24, 2.45) is 0 Å². The van der Waals surface area contributed by atoms with Gasteiger partial charge in [0.2, 0.25) is 6.10 Å². The smallest absolute Gasteiger partial charge is 0.339 e. The second-order valence-corrected chi connectivity index (χ2v) is 7.30. The second kappa shape index (κ2) is 9.41. The number of ether oxygens (including phenoxy) is 1. The first-order valence-corrected chi connectivity index (χ1v) is 10.2. The third-order valence-corrected chi connectivity index (χ3v) is 5.13. The van der Waals surface area contributed by atoms with Gasteiger partial charge in [0.25, 0.3) is 17.7 Å². The number of furan rings is 1. The molecule has 0 saturated carbocycles. The molecule has 0 radical (unpaired) electrons. The Kier molecular flexibility index (Phi) is 6.22. The van der Waals surface area contributed by atoms with Crippen molar-refractivity contribution < 1.29 is 33.1 Å². The van der Waals surface area contributed by atoms with Crippen molar-refractivity contribution >= 4 is 29.7 Å². The van der Waals surface area contributed by atoms with E-state index in [0.717, 1.165) is 4.90 Å². The topological polar surface area (TPSA) is 135 Å². The predicted molar refractivity (Wildman–Crippen MR) is 117 cm³/mol. The van der Waals surface area contributed by atoms with Gasteiger partial charge in [0, 0.05) is 12.6 Å². The van der Waals surface area contributed by atoms with E-state index in [1.807, 2.05) is 0 Å². The summed E-state index contributed by atoms with van der Waals surface area (Å²) in [5, 5.41) is 4.34. The Bertz CT molecular complexity index is 1270. The fourth-order valence-electron chi connectivity index (χ4n) is 3.44. The van der Waals surface area contributed by atoms with Crippen LogP contribution in [0.5, 0.6) is 0 Å². The van der Waals surface area contributed by atoms with Crippen molar-refractivity contribution in [2.45, 2.75) is 12.6 Å². The number of carbonyl (C=O) groups excluding carboxylic acids is 5. The maximum absolute atomic E-state index is 12.9. The number of carbonyl (C=O) groups is 5. The van der Waals surface area contributed by atoms with Gasteiger partial charge in [-0.2, -0.15) is 0 Å². The molecule has 4 rings (SSSR count). The molecule has 1 aromatic heterocycles. The molecule has 2 N–H and O–H groups in total. The Morgan fingerprint density at radius 1 is 0.971 bits per heavy atom.